The number of hydrogen-bond donors (Lipinski definition) is 1. The molecule has 38 heavy (non-hydrogen) atoms. The molecule has 9 heteroatoms. The molecule has 1 aliphatic heterocycles. The van der Waals surface area contributed by atoms with Gasteiger partial charge in [-0.2, -0.15) is 0 Å². The molecule has 1 aliphatic rings. The van der Waals surface area contributed by atoms with Crippen LogP contribution in [-0.4, -0.2) is 68.2 Å². The van der Waals surface area contributed by atoms with Gasteiger partial charge in [-0.05, 0) is 58.1 Å². The molecule has 1 aromatic carbocycles. The van der Waals surface area contributed by atoms with Gasteiger partial charge in [-0.1, -0.05) is 24.3 Å². The summed E-state index contributed by atoms with van der Waals surface area (Å²) in [7, 11) is 3.95. The Bertz CT molecular complexity index is 1480. The third-order valence-electron chi connectivity index (χ3n) is 6.66. The van der Waals surface area contributed by atoms with Gasteiger partial charge < -0.3 is 15.1 Å². The van der Waals surface area contributed by atoms with Gasteiger partial charge >= 0.3 is 0 Å². The molecule has 4 heterocycles. The van der Waals surface area contributed by atoms with E-state index in [0.29, 0.717) is 24.5 Å². The van der Waals surface area contributed by atoms with E-state index in [1.54, 1.807) is 42.7 Å². The molecule has 0 saturated carbocycles. The number of nitrogens with one attached hydrogen (secondary N) is 1. The van der Waals surface area contributed by atoms with Crippen molar-refractivity contribution >= 4 is 23.1 Å². The molecule has 9 nitrogen and oxygen atoms in total. The summed E-state index contributed by atoms with van der Waals surface area (Å²) >= 11 is 0. The smallest absolute Gasteiger partial charge is 0.256 e. The van der Waals surface area contributed by atoms with E-state index >= 15 is 0 Å². The summed E-state index contributed by atoms with van der Waals surface area (Å²) < 4.78 is 2.05. The van der Waals surface area contributed by atoms with Crippen LogP contribution in [0.5, 0.6) is 0 Å². The van der Waals surface area contributed by atoms with Gasteiger partial charge in [-0.25, -0.2) is 9.97 Å². The van der Waals surface area contributed by atoms with E-state index in [1.807, 2.05) is 61.3 Å². The van der Waals surface area contributed by atoms with Gasteiger partial charge in [0.2, 0.25) is 5.91 Å². The fraction of sp³-hybridized carbons (Fsp3) is 0.276. The molecule has 1 atom stereocenters. The molecule has 0 unspecified atom stereocenters. The van der Waals surface area contributed by atoms with Crippen molar-refractivity contribution < 1.29 is 9.59 Å². The molecule has 1 fully saturated rings. The average molecular weight is 510 g/mol. The number of benzene rings is 1. The summed E-state index contributed by atoms with van der Waals surface area (Å²) in [5, 5.41) is 2.81. The molecule has 0 aliphatic carbocycles. The number of anilines is 1. The lowest BCUT2D eigenvalue weighted by Gasteiger charge is -2.22. The van der Waals surface area contributed by atoms with Crippen molar-refractivity contribution in [3.8, 4) is 11.3 Å². The van der Waals surface area contributed by atoms with E-state index in [2.05, 4.69) is 19.7 Å². The van der Waals surface area contributed by atoms with E-state index in [-0.39, 0.29) is 17.9 Å². The van der Waals surface area contributed by atoms with Gasteiger partial charge in [0.1, 0.15) is 11.6 Å². The molecule has 2 amide bonds. The number of imidazole rings is 1. The topological polar surface area (TPSA) is 95.7 Å². The number of carbonyl (C=O) groups is 2. The number of rotatable bonds is 7. The first-order valence-corrected chi connectivity index (χ1v) is 12.7. The number of aryl methyl sites for hydroxylation is 1. The van der Waals surface area contributed by atoms with E-state index in [1.165, 1.54) is 0 Å². The molecule has 0 spiro atoms. The van der Waals surface area contributed by atoms with Crippen LogP contribution in [-0.2, 0) is 4.79 Å². The molecular formula is C29H31N7O2. The lowest BCUT2D eigenvalue weighted by Crippen LogP contribution is -2.30. The zero-order valence-electron chi connectivity index (χ0n) is 21.8. The summed E-state index contributed by atoms with van der Waals surface area (Å²) in [6.07, 6.45) is 10.6. The predicted octanol–water partition coefficient (Wildman–Crippen LogP) is 4.13. The first kappa shape index (κ1) is 25.3. The van der Waals surface area contributed by atoms with Crippen LogP contribution in [0.3, 0.4) is 0 Å². The van der Waals surface area contributed by atoms with Crippen LogP contribution in [0.1, 0.15) is 40.8 Å². The van der Waals surface area contributed by atoms with Crippen molar-refractivity contribution in [2.75, 3.05) is 32.5 Å². The van der Waals surface area contributed by atoms with Gasteiger partial charge in [0.15, 0.2) is 0 Å². The fourth-order valence-electron chi connectivity index (χ4n) is 4.82. The molecule has 4 aromatic rings. The van der Waals surface area contributed by atoms with Crippen LogP contribution in [0.4, 0.5) is 5.82 Å². The number of carbonyl (C=O) groups excluding carboxylic acids is 2. The lowest BCUT2D eigenvalue weighted by atomic mass is 10.1. The third-order valence-corrected chi connectivity index (χ3v) is 6.66. The number of hydrogen-bond acceptors (Lipinski definition) is 6. The summed E-state index contributed by atoms with van der Waals surface area (Å²) in [6, 6.07) is 12.6. The fourth-order valence-corrected chi connectivity index (χ4v) is 4.82. The van der Waals surface area contributed by atoms with Crippen molar-refractivity contribution in [2.45, 2.75) is 25.8 Å². The van der Waals surface area contributed by atoms with E-state index in [4.69, 9.17) is 4.98 Å². The number of nitrogens with zero attached hydrogens (tertiary/aromatic N) is 6. The van der Waals surface area contributed by atoms with E-state index in [9.17, 15) is 9.59 Å². The van der Waals surface area contributed by atoms with Crippen molar-refractivity contribution in [1.82, 2.24) is 29.2 Å². The number of likely N-dealkylation sites (tertiary alicyclic amines) is 1. The van der Waals surface area contributed by atoms with Crippen LogP contribution in [0, 0.1) is 6.92 Å². The second-order valence-electron chi connectivity index (χ2n) is 9.65. The molecule has 1 N–H and O–H groups in total. The number of amides is 2. The SMILES string of the molecule is Cc1nccn2c([C@@H]3CCCN3C(=O)C=CCN(C)C)nc(-c3ccc(C(=O)Nc4ccccn4)cc3)c12. The molecule has 194 valence electrons. The minimum Gasteiger partial charge on any atom is -0.329 e. The van der Waals surface area contributed by atoms with Gasteiger partial charge in [-0.15, -0.1) is 0 Å². The van der Waals surface area contributed by atoms with Crippen LogP contribution in [0.15, 0.2) is 73.2 Å². The van der Waals surface area contributed by atoms with Crippen molar-refractivity contribution in [1.29, 1.82) is 0 Å². The van der Waals surface area contributed by atoms with Crippen molar-refractivity contribution in [3.05, 3.63) is 90.3 Å². The quantitative estimate of drug-likeness (QED) is 0.377. The summed E-state index contributed by atoms with van der Waals surface area (Å²) in [5.41, 5.74) is 3.93. The zero-order valence-corrected chi connectivity index (χ0v) is 21.8. The first-order chi connectivity index (χ1) is 18.4. The Balaban J connectivity index is 1.45. The lowest BCUT2D eigenvalue weighted by molar-refractivity contribution is -0.127. The average Bonchev–Trinajstić information content (AvgIpc) is 3.55. The molecule has 0 radical (unpaired) electrons. The Kier molecular flexibility index (Phi) is 7.28. The normalized spacial score (nSPS) is 15.6. The molecule has 1 saturated heterocycles. The highest BCUT2D eigenvalue weighted by atomic mass is 16.2. The Morgan fingerprint density at radius 1 is 1.11 bits per heavy atom. The van der Waals surface area contributed by atoms with Gasteiger partial charge in [-0.3, -0.25) is 19.0 Å². The summed E-state index contributed by atoms with van der Waals surface area (Å²) in [4.78, 5) is 43.4. The second kappa shape index (κ2) is 10.9. The monoisotopic (exact) mass is 509 g/mol. The Labute approximate surface area is 221 Å². The number of fused-ring (bicyclic) bond motifs is 1. The summed E-state index contributed by atoms with van der Waals surface area (Å²) in [6.45, 7) is 3.37. The van der Waals surface area contributed by atoms with Crippen molar-refractivity contribution in [2.24, 2.45) is 0 Å². The third kappa shape index (κ3) is 5.19. The van der Waals surface area contributed by atoms with Gasteiger partial charge in [0.25, 0.3) is 5.91 Å². The summed E-state index contributed by atoms with van der Waals surface area (Å²) in [5.74, 6) is 1.09. The van der Waals surface area contributed by atoms with Crippen LogP contribution >= 0.6 is 0 Å². The van der Waals surface area contributed by atoms with E-state index in [0.717, 1.165) is 41.1 Å². The number of likely N-dealkylation sites (N-methyl/N-ethyl adjacent to an activating group) is 1. The van der Waals surface area contributed by atoms with Crippen LogP contribution < -0.4 is 5.32 Å². The Morgan fingerprint density at radius 2 is 1.92 bits per heavy atom. The van der Waals surface area contributed by atoms with Gasteiger partial charge in [0.05, 0.1) is 22.9 Å². The number of aromatic nitrogens is 4. The van der Waals surface area contributed by atoms with Gasteiger partial charge in [0, 0.05) is 48.9 Å². The maximum absolute atomic E-state index is 13.1. The number of pyridine rings is 1. The standard InChI is InChI=1S/C29H31N7O2/c1-20-27-26(21-11-13-22(14-12-21)29(38)32-24-9-4-5-15-31-24)33-28(36(27)19-16-30-20)23-8-6-18-35(23)25(37)10-7-17-34(2)3/h4-5,7,9-16,19,23H,6,8,17-18H2,1-3H3,(H,31,32,38)/t23-/m0/s1. The second-order valence-corrected chi connectivity index (χ2v) is 9.65. The van der Waals surface area contributed by atoms with E-state index < -0.39 is 0 Å². The van der Waals surface area contributed by atoms with Crippen LogP contribution in [0.2, 0.25) is 0 Å². The van der Waals surface area contributed by atoms with Crippen molar-refractivity contribution in [3.63, 3.8) is 0 Å². The minimum atomic E-state index is -0.231. The molecular weight excluding hydrogens is 478 g/mol. The molecule has 3 aromatic heterocycles. The maximum Gasteiger partial charge on any atom is 0.256 e. The molecule has 0 bridgehead atoms. The minimum absolute atomic E-state index is 0.00157. The van der Waals surface area contributed by atoms with Crippen LogP contribution in [0.25, 0.3) is 16.8 Å². The maximum atomic E-state index is 13.1. The molecule has 5 rings (SSSR count). The Hall–Kier alpha value is -4.37. The highest BCUT2D eigenvalue weighted by molar-refractivity contribution is 6.04. The first-order valence-electron chi connectivity index (χ1n) is 12.7. The highest BCUT2D eigenvalue weighted by Gasteiger charge is 2.33. The zero-order chi connectivity index (χ0) is 26.6. The Morgan fingerprint density at radius 3 is 2.66 bits per heavy atom. The largest absolute Gasteiger partial charge is 0.329 e. The highest BCUT2D eigenvalue weighted by Crippen LogP contribution is 2.36. The predicted molar refractivity (Wildman–Crippen MR) is 147 cm³/mol.